The predicted molar refractivity (Wildman–Crippen MR) is 437 cm³/mol. The van der Waals surface area contributed by atoms with Crippen LogP contribution in [0.3, 0.4) is 0 Å². The Bertz CT molecular complexity index is 7240. The van der Waals surface area contributed by atoms with Crippen LogP contribution in [0.15, 0.2) is 364 Å². The molecule has 0 unspecified atom stereocenters. The third-order valence-electron chi connectivity index (χ3n) is 21.0. The Hall–Kier alpha value is -14.5. The maximum Gasteiger partial charge on any atom is 0.235 e. The highest BCUT2D eigenvalue weighted by Gasteiger charge is 2.23. The first kappa shape index (κ1) is 60.3. The first-order chi connectivity index (χ1) is 52.6. The Morgan fingerprint density at radius 3 is 1.07 bits per heavy atom. The van der Waals surface area contributed by atoms with Crippen LogP contribution in [0.25, 0.3) is 199 Å². The Labute approximate surface area is 608 Å². The molecule has 10 nitrogen and oxygen atoms in total. The monoisotopic (exact) mass is 1350 g/mol. The van der Waals surface area contributed by atoms with E-state index in [0.717, 1.165) is 155 Å². The van der Waals surface area contributed by atoms with Crippen molar-refractivity contribution in [3.63, 3.8) is 0 Å². The molecule has 0 spiro atoms. The van der Waals surface area contributed by atoms with Gasteiger partial charge in [-0.15, -0.1) is 0 Å². The minimum atomic E-state index is 0.651. The van der Waals surface area contributed by atoms with E-state index in [1.54, 1.807) is 0 Å². The van der Waals surface area contributed by atoms with Gasteiger partial charge in [0, 0.05) is 87.9 Å². The zero-order valence-corrected chi connectivity index (χ0v) is 57.1. The lowest BCUT2D eigenvalue weighted by atomic mass is 10.00. The second-order valence-electron chi connectivity index (χ2n) is 27.0. The van der Waals surface area contributed by atoms with Crippen LogP contribution in [0.1, 0.15) is 0 Å². The van der Waals surface area contributed by atoms with E-state index in [1.807, 2.05) is 42.9 Å². The Kier molecular flexibility index (Phi) is 14.0. The minimum Gasteiger partial charge on any atom is -0.308 e. The summed E-state index contributed by atoms with van der Waals surface area (Å²) in [6, 6.07) is 122. The summed E-state index contributed by atoms with van der Waals surface area (Å²) in [7, 11) is 0. The van der Waals surface area contributed by atoms with E-state index < -0.39 is 0 Å². The smallest absolute Gasteiger partial charge is 0.235 e. The number of nitrogens with zero attached hydrogens (tertiary/aromatic N) is 10. The highest BCUT2D eigenvalue weighted by Crippen LogP contribution is 2.43. The van der Waals surface area contributed by atoms with Gasteiger partial charge in [-0.2, -0.15) is 0 Å². The Balaban J connectivity index is 0.000000136. The van der Waals surface area contributed by atoms with Crippen LogP contribution in [0.5, 0.6) is 0 Å². The van der Waals surface area contributed by atoms with Gasteiger partial charge in [-0.1, -0.05) is 237 Å². The SMILES string of the molecule is c1ccc(-c2ccc(-c3nc(-n4c5ccccc5c5cc(-c6ccc7c(c6)c6ccncc6n7-c6ccccc6)ccc54)nc4ccccc34)cc2)cc1.c1ccc(-c2nc(-n3c4ccccc4c4cc(-c5ccc6c(c5)c5c7ccccc7ncc5n6-c5ccccc5)ccc43)nc3ccccc23)cc1. The van der Waals surface area contributed by atoms with Crippen LogP contribution in [0, 0.1) is 0 Å². The van der Waals surface area contributed by atoms with Gasteiger partial charge in [0.15, 0.2) is 0 Å². The first-order valence-electron chi connectivity index (χ1n) is 35.7. The minimum absolute atomic E-state index is 0.651. The Morgan fingerprint density at radius 2 is 0.547 bits per heavy atom. The van der Waals surface area contributed by atoms with E-state index >= 15 is 0 Å². The van der Waals surface area contributed by atoms with Gasteiger partial charge in [0.25, 0.3) is 0 Å². The third-order valence-corrected chi connectivity index (χ3v) is 21.0. The van der Waals surface area contributed by atoms with Crippen LogP contribution >= 0.6 is 0 Å². The van der Waals surface area contributed by atoms with E-state index in [2.05, 4.69) is 345 Å². The molecule has 8 aromatic heterocycles. The number of fused-ring (bicyclic) bond motifs is 16. The molecule has 0 amide bonds. The molecule has 106 heavy (non-hydrogen) atoms. The Morgan fingerprint density at radius 1 is 0.198 bits per heavy atom. The van der Waals surface area contributed by atoms with Crippen LogP contribution in [0.4, 0.5) is 0 Å². The van der Waals surface area contributed by atoms with Crippen molar-refractivity contribution in [2.75, 3.05) is 0 Å². The van der Waals surface area contributed by atoms with Crippen molar-refractivity contribution < 1.29 is 0 Å². The van der Waals surface area contributed by atoms with Gasteiger partial charge < -0.3 is 9.13 Å². The molecule has 0 bridgehead atoms. The van der Waals surface area contributed by atoms with Crippen LogP contribution in [0.2, 0.25) is 0 Å². The third kappa shape index (κ3) is 9.88. The molecule has 0 saturated heterocycles. The lowest BCUT2D eigenvalue weighted by molar-refractivity contribution is 1.01. The van der Waals surface area contributed by atoms with Crippen molar-refractivity contribution in [3.05, 3.63) is 364 Å². The molecule has 0 N–H and O–H groups in total. The molecule has 0 aliphatic carbocycles. The van der Waals surface area contributed by atoms with E-state index in [-0.39, 0.29) is 0 Å². The zero-order valence-electron chi connectivity index (χ0n) is 57.1. The molecule has 22 aromatic rings. The molecule has 22 rings (SSSR count). The molecule has 494 valence electrons. The maximum atomic E-state index is 5.33. The molecule has 0 aliphatic heterocycles. The van der Waals surface area contributed by atoms with Crippen molar-refractivity contribution in [2.45, 2.75) is 0 Å². The molecule has 0 radical (unpaired) electrons. The fourth-order valence-electron chi connectivity index (χ4n) is 16.1. The first-order valence-corrected chi connectivity index (χ1v) is 35.7. The van der Waals surface area contributed by atoms with Crippen LogP contribution in [-0.2, 0) is 0 Å². The van der Waals surface area contributed by atoms with Crippen molar-refractivity contribution in [1.29, 1.82) is 0 Å². The number of para-hydroxylation sites is 7. The van der Waals surface area contributed by atoms with Gasteiger partial charge >= 0.3 is 0 Å². The molecule has 0 atom stereocenters. The van der Waals surface area contributed by atoms with Gasteiger partial charge in [0.1, 0.15) is 0 Å². The topological polar surface area (TPSA) is 97.1 Å². The summed E-state index contributed by atoms with van der Waals surface area (Å²) in [6.45, 7) is 0. The van der Waals surface area contributed by atoms with Crippen molar-refractivity contribution in [1.82, 2.24) is 48.2 Å². The quantitative estimate of drug-likeness (QED) is 0.143. The molecule has 0 saturated carbocycles. The lowest BCUT2D eigenvalue weighted by Crippen LogP contribution is -2.03. The molecule has 0 aliphatic rings. The van der Waals surface area contributed by atoms with E-state index in [1.165, 1.54) is 32.7 Å². The maximum absolute atomic E-state index is 5.33. The van der Waals surface area contributed by atoms with Crippen LogP contribution < -0.4 is 0 Å². The second kappa shape index (κ2) is 24.7. The largest absolute Gasteiger partial charge is 0.308 e. The summed E-state index contributed by atoms with van der Waals surface area (Å²) in [5, 5.41) is 12.7. The summed E-state index contributed by atoms with van der Waals surface area (Å²) >= 11 is 0. The van der Waals surface area contributed by atoms with Gasteiger partial charge in [-0.3, -0.25) is 19.1 Å². The highest BCUT2D eigenvalue weighted by molar-refractivity contribution is 6.21. The molecule has 10 heteroatoms. The fraction of sp³-hybridized carbons (Fsp3) is 0. The number of rotatable bonds is 9. The van der Waals surface area contributed by atoms with Crippen molar-refractivity contribution >= 4 is 120 Å². The standard InChI is InChI=1S/C49H31N5.C47H29N5/c1-3-11-32(12-4-1)33-19-21-34(22-20-33)48-40-16-7-9-17-43(40)51-49(52-48)54-44-18-10-8-15-38(44)41-29-36(24-26-46(41)54)35-23-25-45-42(30-35)39-27-28-50-31-47(39)53(45)37-13-5-2-6-14-37;1-3-13-30(14-4-1)46-36-19-8-11-21-40(36)49-47(50-46)52-41-22-12-9-17-34(41)37-27-31(23-25-42(37)52)32-24-26-43-38(28-32)45-35-18-7-10-20-39(35)48-29-44(45)51(43)33-15-5-2-6-16-33/h1-31H;1-29H. The molecular weight excluding hydrogens is 1290 g/mol. The number of hydrogen-bond donors (Lipinski definition) is 0. The average Bonchev–Trinajstić information content (AvgIpc) is 1.61. The summed E-state index contributed by atoms with van der Waals surface area (Å²) in [5.74, 6) is 1.31. The number of benzene rings is 14. The van der Waals surface area contributed by atoms with E-state index in [0.29, 0.717) is 11.9 Å². The average molecular weight is 1350 g/mol. The summed E-state index contributed by atoms with van der Waals surface area (Å²) in [6.07, 6.45) is 5.86. The summed E-state index contributed by atoms with van der Waals surface area (Å²) in [5.41, 5.74) is 24.8. The number of hydrogen-bond acceptors (Lipinski definition) is 6. The predicted octanol–water partition coefficient (Wildman–Crippen LogP) is 23.9. The van der Waals surface area contributed by atoms with Gasteiger partial charge in [-0.05, 0) is 143 Å². The van der Waals surface area contributed by atoms with Gasteiger partial charge in [0.2, 0.25) is 11.9 Å². The number of pyridine rings is 2. The molecule has 14 aromatic carbocycles. The molecule has 8 heterocycles. The van der Waals surface area contributed by atoms with E-state index in [4.69, 9.17) is 24.9 Å². The fourth-order valence-corrected chi connectivity index (χ4v) is 16.1. The summed E-state index contributed by atoms with van der Waals surface area (Å²) < 4.78 is 9.06. The highest BCUT2D eigenvalue weighted by atomic mass is 15.2. The van der Waals surface area contributed by atoms with Crippen molar-refractivity contribution in [2.24, 2.45) is 0 Å². The van der Waals surface area contributed by atoms with E-state index in [9.17, 15) is 0 Å². The van der Waals surface area contributed by atoms with Crippen molar-refractivity contribution in [3.8, 4) is 79.2 Å². The van der Waals surface area contributed by atoms with Gasteiger partial charge in [0.05, 0.1) is 84.5 Å². The lowest BCUT2D eigenvalue weighted by Gasteiger charge is -2.12. The normalized spacial score (nSPS) is 11.8. The molecular formula is C96H60N10. The number of aromatic nitrogens is 10. The van der Waals surface area contributed by atoms with Gasteiger partial charge in [-0.25, -0.2) is 19.9 Å². The molecule has 0 fully saturated rings. The second-order valence-corrected chi connectivity index (χ2v) is 27.0. The van der Waals surface area contributed by atoms with Crippen LogP contribution in [-0.4, -0.2) is 48.2 Å². The zero-order chi connectivity index (χ0) is 69.8. The summed E-state index contributed by atoms with van der Waals surface area (Å²) in [4.78, 5) is 30.3.